The van der Waals surface area contributed by atoms with Crippen LogP contribution < -0.4 is 5.32 Å². The number of nitrogens with zero attached hydrogens (tertiary/aromatic N) is 1. The van der Waals surface area contributed by atoms with Crippen molar-refractivity contribution < 1.29 is 4.79 Å². The molecule has 0 saturated carbocycles. The van der Waals surface area contributed by atoms with Crippen molar-refractivity contribution in [3.8, 4) is 0 Å². The minimum atomic E-state index is 0.356. The molecule has 1 N–H and O–H groups in total. The Balaban J connectivity index is 1.62. The predicted octanol–water partition coefficient (Wildman–Crippen LogP) is 2.80. The Bertz CT molecular complexity index is 412. The third kappa shape index (κ3) is 3.00. The molecule has 2 aliphatic rings. The fraction of sp³-hybridized carbons (Fsp3) is 0.667. The number of piperidine rings is 1. The fourth-order valence-corrected chi connectivity index (χ4v) is 4.17. The maximum absolute atomic E-state index is 12.5. The summed E-state index contributed by atoms with van der Waals surface area (Å²) in [5.74, 6) is 0.973. The Kier molecular flexibility index (Phi) is 4.18. The second-order valence-corrected chi connectivity index (χ2v) is 6.64. The number of rotatable bonds is 3. The van der Waals surface area contributed by atoms with Crippen LogP contribution in [-0.4, -0.2) is 30.4 Å². The van der Waals surface area contributed by atoms with Gasteiger partial charge in [0.05, 0.1) is 6.04 Å². The van der Waals surface area contributed by atoms with Crippen LogP contribution in [0.1, 0.15) is 43.0 Å². The number of carbonyl (C=O) groups is 1. The van der Waals surface area contributed by atoms with Crippen molar-refractivity contribution in [1.29, 1.82) is 0 Å². The molecule has 1 aromatic rings. The molecular formula is C15H22N2OS. The highest BCUT2D eigenvalue weighted by Gasteiger charge is 2.31. The minimum Gasteiger partial charge on any atom is -0.335 e. The Morgan fingerprint density at radius 1 is 1.37 bits per heavy atom. The fourth-order valence-electron chi connectivity index (χ4n) is 3.29. The van der Waals surface area contributed by atoms with E-state index >= 15 is 0 Å². The summed E-state index contributed by atoms with van der Waals surface area (Å²) in [5.41, 5.74) is 0. The van der Waals surface area contributed by atoms with Crippen molar-refractivity contribution in [1.82, 2.24) is 10.2 Å². The molecule has 1 aromatic heterocycles. The molecule has 1 amide bonds. The van der Waals surface area contributed by atoms with Gasteiger partial charge in [0.15, 0.2) is 0 Å². The Morgan fingerprint density at radius 2 is 2.21 bits per heavy atom. The van der Waals surface area contributed by atoms with Crippen LogP contribution in [0.25, 0.3) is 0 Å². The molecule has 1 atom stereocenters. The molecule has 4 heteroatoms. The van der Waals surface area contributed by atoms with E-state index in [1.807, 2.05) is 0 Å². The topological polar surface area (TPSA) is 32.3 Å². The lowest BCUT2D eigenvalue weighted by Crippen LogP contribution is -2.34. The number of thiophene rings is 1. The van der Waals surface area contributed by atoms with Crippen LogP contribution in [-0.2, 0) is 4.79 Å². The van der Waals surface area contributed by atoms with E-state index in [9.17, 15) is 4.79 Å². The van der Waals surface area contributed by atoms with E-state index in [2.05, 4.69) is 27.7 Å². The molecule has 3 heterocycles. The van der Waals surface area contributed by atoms with Crippen molar-refractivity contribution in [2.45, 2.75) is 38.1 Å². The van der Waals surface area contributed by atoms with E-state index in [4.69, 9.17) is 0 Å². The largest absolute Gasteiger partial charge is 0.335 e. The van der Waals surface area contributed by atoms with Gasteiger partial charge in [-0.1, -0.05) is 6.07 Å². The normalized spacial score (nSPS) is 24.8. The molecule has 0 bridgehead atoms. The lowest BCUT2D eigenvalue weighted by atomic mass is 9.94. The average Bonchev–Trinajstić information content (AvgIpc) is 3.10. The third-order valence-corrected chi connectivity index (χ3v) is 5.34. The molecule has 0 spiro atoms. The summed E-state index contributed by atoms with van der Waals surface area (Å²) in [5, 5.41) is 5.48. The predicted molar refractivity (Wildman–Crippen MR) is 78.2 cm³/mol. The molecule has 3 nitrogen and oxygen atoms in total. The molecule has 0 aromatic carbocycles. The zero-order valence-electron chi connectivity index (χ0n) is 11.3. The van der Waals surface area contributed by atoms with E-state index in [1.54, 1.807) is 11.3 Å². The molecular weight excluding hydrogens is 256 g/mol. The minimum absolute atomic E-state index is 0.356. The third-order valence-electron chi connectivity index (χ3n) is 4.37. The van der Waals surface area contributed by atoms with E-state index < -0.39 is 0 Å². The van der Waals surface area contributed by atoms with Crippen molar-refractivity contribution in [2.75, 3.05) is 19.6 Å². The molecule has 2 aliphatic heterocycles. The maximum atomic E-state index is 12.5. The number of carbonyl (C=O) groups excluding carboxylic acids is 1. The molecule has 3 rings (SSSR count). The smallest absolute Gasteiger partial charge is 0.223 e. The number of hydrogen-bond acceptors (Lipinski definition) is 3. The zero-order chi connectivity index (χ0) is 13.1. The molecule has 104 valence electrons. The van der Waals surface area contributed by atoms with Crippen LogP contribution >= 0.6 is 11.3 Å². The van der Waals surface area contributed by atoms with E-state index in [-0.39, 0.29) is 0 Å². The summed E-state index contributed by atoms with van der Waals surface area (Å²) < 4.78 is 0. The lowest BCUT2D eigenvalue weighted by molar-refractivity contribution is -0.133. The summed E-state index contributed by atoms with van der Waals surface area (Å²) >= 11 is 1.78. The first-order valence-electron chi connectivity index (χ1n) is 7.38. The van der Waals surface area contributed by atoms with Gasteiger partial charge in [-0.15, -0.1) is 11.3 Å². The van der Waals surface area contributed by atoms with Gasteiger partial charge in [0.25, 0.3) is 0 Å². The summed E-state index contributed by atoms with van der Waals surface area (Å²) in [6, 6.07) is 4.62. The summed E-state index contributed by atoms with van der Waals surface area (Å²) in [6.45, 7) is 3.10. The molecule has 0 aliphatic carbocycles. The zero-order valence-corrected chi connectivity index (χ0v) is 12.1. The Labute approximate surface area is 119 Å². The van der Waals surface area contributed by atoms with Gasteiger partial charge < -0.3 is 10.2 Å². The summed E-state index contributed by atoms with van der Waals surface area (Å²) in [7, 11) is 0. The molecule has 2 fully saturated rings. The SMILES string of the molecule is O=C(CC1CCNCC1)N1CCCC1c1cccs1. The van der Waals surface area contributed by atoms with Crippen LogP contribution in [0, 0.1) is 5.92 Å². The van der Waals surface area contributed by atoms with Crippen LogP contribution in [0.3, 0.4) is 0 Å². The Hall–Kier alpha value is -0.870. The second-order valence-electron chi connectivity index (χ2n) is 5.66. The van der Waals surface area contributed by atoms with Crippen molar-refractivity contribution in [3.63, 3.8) is 0 Å². The highest BCUT2D eigenvalue weighted by molar-refractivity contribution is 7.10. The highest BCUT2D eigenvalue weighted by Crippen LogP contribution is 2.35. The standard InChI is InChI=1S/C15H22N2OS/c18-15(11-12-5-7-16-8-6-12)17-9-1-3-13(17)14-4-2-10-19-14/h2,4,10,12-13,16H,1,3,5-9,11H2. The Morgan fingerprint density at radius 3 is 2.95 bits per heavy atom. The van der Waals surface area contributed by atoms with E-state index in [1.165, 1.54) is 4.88 Å². The average molecular weight is 278 g/mol. The van der Waals surface area contributed by atoms with Gasteiger partial charge in [-0.25, -0.2) is 0 Å². The van der Waals surface area contributed by atoms with Crippen molar-refractivity contribution in [3.05, 3.63) is 22.4 Å². The van der Waals surface area contributed by atoms with Gasteiger partial charge in [0, 0.05) is 17.8 Å². The van der Waals surface area contributed by atoms with Gasteiger partial charge in [0.2, 0.25) is 5.91 Å². The van der Waals surface area contributed by atoms with Crippen molar-refractivity contribution in [2.24, 2.45) is 5.92 Å². The quantitative estimate of drug-likeness (QED) is 0.922. The van der Waals surface area contributed by atoms with E-state index in [0.29, 0.717) is 17.9 Å². The molecule has 2 saturated heterocycles. The van der Waals surface area contributed by atoms with Gasteiger partial charge in [-0.05, 0) is 56.1 Å². The molecule has 0 radical (unpaired) electrons. The monoisotopic (exact) mass is 278 g/mol. The molecule has 1 unspecified atom stereocenters. The second kappa shape index (κ2) is 6.06. The summed E-state index contributed by atoms with van der Waals surface area (Å²) in [4.78, 5) is 16.0. The highest BCUT2D eigenvalue weighted by atomic mass is 32.1. The molecule has 19 heavy (non-hydrogen) atoms. The summed E-state index contributed by atoms with van der Waals surface area (Å²) in [6.07, 6.45) is 5.36. The van der Waals surface area contributed by atoms with Crippen molar-refractivity contribution >= 4 is 17.2 Å². The first kappa shape index (κ1) is 13.1. The number of likely N-dealkylation sites (tertiary alicyclic amines) is 1. The van der Waals surface area contributed by atoms with Crippen LogP contribution in [0.5, 0.6) is 0 Å². The maximum Gasteiger partial charge on any atom is 0.223 e. The van der Waals surface area contributed by atoms with Gasteiger partial charge in [-0.3, -0.25) is 4.79 Å². The van der Waals surface area contributed by atoms with Crippen LogP contribution in [0.15, 0.2) is 17.5 Å². The van der Waals surface area contributed by atoms with Crippen LogP contribution in [0.4, 0.5) is 0 Å². The van der Waals surface area contributed by atoms with E-state index in [0.717, 1.165) is 51.7 Å². The van der Waals surface area contributed by atoms with Gasteiger partial charge >= 0.3 is 0 Å². The first-order valence-corrected chi connectivity index (χ1v) is 8.26. The van der Waals surface area contributed by atoms with Gasteiger partial charge in [0.1, 0.15) is 0 Å². The number of hydrogen-bond donors (Lipinski definition) is 1. The lowest BCUT2D eigenvalue weighted by Gasteiger charge is -2.28. The van der Waals surface area contributed by atoms with Crippen LogP contribution in [0.2, 0.25) is 0 Å². The first-order chi connectivity index (χ1) is 9.34. The number of amides is 1. The van der Waals surface area contributed by atoms with Gasteiger partial charge in [-0.2, -0.15) is 0 Å². The number of nitrogens with one attached hydrogen (secondary N) is 1.